The van der Waals surface area contributed by atoms with Gasteiger partial charge in [0.1, 0.15) is 0 Å². The molecule has 1 unspecified atom stereocenters. The predicted octanol–water partition coefficient (Wildman–Crippen LogP) is 3.13. The zero-order valence-corrected chi connectivity index (χ0v) is 12.2. The van der Waals surface area contributed by atoms with Gasteiger partial charge in [0.15, 0.2) is 0 Å². The molecule has 1 heterocycles. The van der Waals surface area contributed by atoms with E-state index < -0.39 is 0 Å². The van der Waals surface area contributed by atoms with Gasteiger partial charge in [0, 0.05) is 13.1 Å². The highest BCUT2D eigenvalue weighted by Gasteiger charge is 2.20. The molecular weight excluding hydrogens is 208 g/mol. The predicted molar refractivity (Wildman–Crippen MR) is 76.4 cm³/mol. The lowest BCUT2D eigenvalue weighted by Crippen LogP contribution is -2.41. The molecule has 0 aromatic rings. The maximum Gasteiger partial charge on any atom is 0.00219 e. The Morgan fingerprint density at radius 1 is 1.24 bits per heavy atom. The largest absolute Gasteiger partial charge is 0.316 e. The quantitative estimate of drug-likeness (QED) is 0.656. The first-order chi connectivity index (χ1) is 8.30. The molecule has 1 aliphatic heterocycles. The Morgan fingerprint density at radius 3 is 2.65 bits per heavy atom. The van der Waals surface area contributed by atoms with E-state index in [4.69, 9.17) is 0 Å². The first-order valence-electron chi connectivity index (χ1n) is 7.73. The van der Waals surface area contributed by atoms with E-state index in [1.165, 1.54) is 64.8 Å². The van der Waals surface area contributed by atoms with Crippen LogP contribution < -0.4 is 5.32 Å². The molecule has 0 aromatic heterocycles. The van der Waals surface area contributed by atoms with E-state index in [1.54, 1.807) is 0 Å². The Kier molecular flexibility index (Phi) is 7.87. The molecule has 0 spiro atoms. The Bertz CT molecular complexity index is 178. The smallest absolute Gasteiger partial charge is 0.00219 e. The highest BCUT2D eigenvalue weighted by Crippen LogP contribution is 2.19. The van der Waals surface area contributed by atoms with Crippen LogP contribution in [0, 0.1) is 11.8 Å². The molecule has 1 saturated heterocycles. The topological polar surface area (TPSA) is 15.3 Å². The van der Waals surface area contributed by atoms with Crippen LogP contribution in [-0.4, -0.2) is 37.6 Å². The van der Waals surface area contributed by atoms with E-state index in [9.17, 15) is 0 Å². The monoisotopic (exact) mass is 240 g/mol. The van der Waals surface area contributed by atoms with Crippen molar-refractivity contribution >= 4 is 0 Å². The highest BCUT2D eigenvalue weighted by atomic mass is 15.1. The minimum atomic E-state index is 0.893. The SMILES string of the molecule is CCCNCC1CCCN(CC(CC)CC)C1. The fraction of sp³-hybridized carbons (Fsp3) is 1.00. The molecule has 2 nitrogen and oxygen atoms in total. The van der Waals surface area contributed by atoms with Gasteiger partial charge in [0.2, 0.25) is 0 Å². The van der Waals surface area contributed by atoms with E-state index in [0.717, 1.165) is 11.8 Å². The molecule has 102 valence electrons. The zero-order valence-electron chi connectivity index (χ0n) is 12.2. The van der Waals surface area contributed by atoms with Gasteiger partial charge in [-0.2, -0.15) is 0 Å². The maximum absolute atomic E-state index is 3.58. The number of rotatable bonds is 8. The second kappa shape index (κ2) is 8.93. The average molecular weight is 240 g/mol. The van der Waals surface area contributed by atoms with Gasteiger partial charge >= 0.3 is 0 Å². The Balaban J connectivity index is 2.23. The van der Waals surface area contributed by atoms with Gasteiger partial charge in [0.25, 0.3) is 0 Å². The minimum Gasteiger partial charge on any atom is -0.316 e. The minimum absolute atomic E-state index is 0.893. The Morgan fingerprint density at radius 2 is 2.00 bits per heavy atom. The molecule has 1 rings (SSSR count). The fourth-order valence-corrected chi connectivity index (χ4v) is 2.88. The standard InChI is InChI=1S/C15H32N2/c1-4-9-16-11-15-8-7-10-17(13-15)12-14(5-2)6-3/h14-16H,4-13H2,1-3H3. The second-order valence-corrected chi connectivity index (χ2v) is 5.65. The fourth-order valence-electron chi connectivity index (χ4n) is 2.88. The normalized spacial score (nSPS) is 22.2. The molecule has 1 fully saturated rings. The summed E-state index contributed by atoms with van der Waals surface area (Å²) in [6.45, 7) is 13.3. The van der Waals surface area contributed by atoms with Crippen molar-refractivity contribution in [2.24, 2.45) is 11.8 Å². The lowest BCUT2D eigenvalue weighted by molar-refractivity contribution is 0.147. The molecule has 17 heavy (non-hydrogen) atoms. The van der Waals surface area contributed by atoms with E-state index in [1.807, 2.05) is 0 Å². The van der Waals surface area contributed by atoms with Crippen LogP contribution in [0.4, 0.5) is 0 Å². The van der Waals surface area contributed by atoms with Crippen molar-refractivity contribution in [2.75, 3.05) is 32.7 Å². The summed E-state index contributed by atoms with van der Waals surface area (Å²) in [5.41, 5.74) is 0. The molecule has 1 N–H and O–H groups in total. The molecule has 2 heteroatoms. The summed E-state index contributed by atoms with van der Waals surface area (Å²) in [6, 6.07) is 0. The number of nitrogens with one attached hydrogen (secondary N) is 1. The average Bonchev–Trinajstić information content (AvgIpc) is 2.37. The van der Waals surface area contributed by atoms with Crippen molar-refractivity contribution < 1.29 is 0 Å². The lowest BCUT2D eigenvalue weighted by atomic mass is 9.95. The van der Waals surface area contributed by atoms with Crippen LogP contribution in [0.1, 0.15) is 52.9 Å². The van der Waals surface area contributed by atoms with Gasteiger partial charge in [-0.3, -0.25) is 0 Å². The summed E-state index contributed by atoms with van der Waals surface area (Å²) in [7, 11) is 0. The van der Waals surface area contributed by atoms with Crippen LogP contribution in [0.2, 0.25) is 0 Å². The van der Waals surface area contributed by atoms with E-state index in [0.29, 0.717) is 0 Å². The molecule has 0 aromatic carbocycles. The van der Waals surface area contributed by atoms with Crippen molar-refractivity contribution in [1.82, 2.24) is 10.2 Å². The zero-order chi connectivity index (χ0) is 12.5. The van der Waals surface area contributed by atoms with E-state index in [-0.39, 0.29) is 0 Å². The first-order valence-corrected chi connectivity index (χ1v) is 7.73. The summed E-state index contributed by atoms with van der Waals surface area (Å²) >= 11 is 0. The molecule has 0 saturated carbocycles. The van der Waals surface area contributed by atoms with Crippen molar-refractivity contribution in [3.05, 3.63) is 0 Å². The van der Waals surface area contributed by atoms with Gasteiger partial charge in [-0.1, -0.05) is 33.6 Å². The first kappa shape index (κ1) is 15.0. The lowest BCUT2D eigenvalue weighted by Gasteiger charge is -2.34. The molecule has 0 radical (unpaired) electrons. The van der Waals surface area contributed by atoms with Crippen LogP contribution in [0.15, 0.2) is 0 Å². The summed E-state index contributed by atoms with van der Waals surface area (Å²) in [4.78, 5) is 2.71. The summed E-state index contributed by atoms with van der Waals surface area (Å²) in [5.74, 6) is 1.81. The van der Waals surface area contributed by atoms with Gasteiger partial charge in [-0.15, -0.1) is 0 Å². The highest BCUT2D eigenvalue weighted by molar-refractivity contribution is 4.76. The van der Waals surface area contributed by atoms with Crippen LogP contribution >= 0.6 is 0 Å². The molecule has 0 aliphatic carbocycles. The molecular formula is C15H32N2. The Hall–Kier alpha value is -0.0800. The van der Waals surface area contributed by atoms with Crippen molar-refractivity contribution in [1.29, 1.82) is 0 Å². The van der Waals surface area contributed by atoms with Crippen LogP contribution in [0.5, 0.6) is 0 Å². The second-order valence-electron chi connectivity index (χ2n) is 5.65. The van der Waals surface area contributed by atoms with Crippen molar-refractivity contribution in [2.45, 2.75) is 52.9 Å². The molecule has 0 bridgehead atoms. The number of hydrogen-bond acceptors (Lipinski definition) is 2. The van der Waals surface area contributed by atoms with Crippen LogP contribution in [-0.2, 0) is 0 Å². The van der Waals surface area contributed by atoms with Crippen LogP contribution in [0.3, 0.4) is 0 Å². The van der Waals surface area contributed by atoms with Gasteiger partial charge in [-0.05, 0) is 50.7 Å². The third-order valence-electron chi connectivity index (χ3n) is 4.13. The summed E-state index contributed by atoms with van der Waals surface area (Å²) < 4.78 is 0. The Labute approximate surface area is 108 Å². The van der Waals surface area contributed by atoms with Crippen molar-refractivity contribution in [3.63, 3.8) is 0 Å². The summed E-state index contributed by atoms with van der Waals surface area (Å²) in [6.07, 6.45) is 6.76. The summed E-state index contributed by atoms with van der Waals surface area (Å²) in [5, 5.41) is 3.58. The van der Waals surface area contributed by atoms with Crippen molar-refractivity contribution in [3.8, 4) is 0 Å². The third kappa shape index (κ3) is 5.87. The number of hydrogen-bond donors (Lipinski definition) is 1. The number of nitrogens with zero attached hydrogens (tertiary/aromatic N) is 1. The van der Waals surface area contributed by atoms with Gasteiger partial charge in [-0.25, -0.2) is 0 Å². The number of likely N-dealkylation sites (tertiary alicyclic amines) is 1. The van der Waals surface area contributed by atoms with E-state index >= 15 is 0 Å². The number of piperidine rings is 1. The van der Waals surface area contributed by atoms with Gasteiger partial charge < -0.3 is 10.2 Å². The molecule has 1 atom stereocenters. The van der Waals surface area contributed by atoms with Gasteiger partial charge in [0.05, 0.1) is 0 Å². The molecule has 1 aliphatic rings. The maximum atomic E-state index is 3.58. The van der Waals surface area contributed by atoms with Crippen LogP contribution in [0.25, 0.3) is 0 Å². The van der Waals surface area contributed by atoms with E-state index in [2.05, 4.69) is 31.0 Å². The third-order valence-corrected chi connectivity index (χ3v) is 4.13. The molecule has 0 amide bonds.